The number of Topliss-reactive ketones (excluding diaryl/α,β-unsaturated/α-hetero) is 2. The number of carbonyl (C=O) groups excluding carboxylic acids is 2. The quantitative estimate of drug-likeness (QED) is 0.317. The third-order valence-electron chi connectivity index (χ3n) is 7.42. The highest BCUT2D eigenvalue weighted by atomic mass is 16.3. The molecule has 5 rings (SSSR count). The van der Waals surface area contributed by atoms with Gasteiger partial charge in [0.2, 0.25) is 0 Å². The van der Waals surface area contributed by atoms with Gasteiger partial charge in [-0.05, 0) is 40.7 Å². The molecule has 0 unspecified atom stereocenters. The molecule has 2 aliphatic carbocycles. The molecule has 37 heavy (non-hydrogen) atoms. The number of aliphatic hydroxyl groups is 2. The lowest BCUT2D eigenvalue weighted by atomic mass is 9.70. The van der Waals surface area contributed by atoms with Crippen LogP contribution in [0, 0.1) is 0 Å². The van der Waals surface area contributed by atoms with Crippen molar-refractivity contribution in [3.05, 3.63) is 118 Å². The average Bonchev–Trinajstić information content (AvgIpc) is 2.89. The Labute approximate surface area is 214 Å². The number of phenolic OH excluding ortho intramolecular Hbond substituents is 2. The Kier molecular flexibility index (Phi) is 6.57. The minimum atomic E-state index is -1.07. The first-order chi connectivity index (χ1) is 17.8. The molecule has 2 aliphatic rings. The Morgan fingerprint density at radius 3 is 1.43 bits per heavy atom. The molecule has 0 saturated heterocycles. The van der Waals surface area contributed by atoms with E-state index in [1.165, 1.54) is 18.2 Å². The van der Waals surface area contributed by atoms with Crippen molar-refractivity contribution in [1.82, 2.24) is 0 Å². The third kappa shape index (κ3) is 4.75. The van der Waals surface area contributed by atoms with Crippen LogP contribution in [0.15, 0.2) is 102 Å². The molecule has 0 spiro atoms. The Bertz CT molecular complexity index is 1320. The maximum absolute atomic E-state index is 13.6. The zero-order chi connectivity index (χ0) is 26.1. The van der Waals surface area contributed by atoms with E-state index in [1.807, 2.05) is 60.7 Å². The molecule has 6 heteroatoms. The SMILES string of the molecule is O=C1C[C@@H](c2ccccc2)CC(O)=C1C(C1=C(O)C[C@H](c2ccccc2)CC1=O)c1ccc(O)c(O)c1. The number of carbonyl (C=O) groups is 2. The van der Waals surface area contributed by atoms with Crippen molar-refractivity contribution in [2.24, 2.45) is 0 Å². The fourth-order valence-corrected chi connectivity index (χ4v) is 5.60. The summed E-state index contributed by atoms with van der Waals surface area (Å²) in [5.74, 6) is -3.18. The monoisotopic (exact) mass is 496 g/mol. The van der Waals surface area contributed by atoms with Crippen LogP contribution in [0.4, 0.5) is 0 Å². The van der Waals surface area contributed by atoms with Gasteiger partial charge < -0.3 is 20.4 Å². The van der Waals surface area contributed by atoms with Gasteiger partial charge in [0, 0.05) is 42.7 Å². The molecule has 188 valence electrons. The molecule has 0 saturated carbocycles. The number of aromatic hydroxyl groups is 2. The predicted octanol–water partition coefficient (Wildman–Crippen LogP) is 6.10. The van der Waals surface area contributed by atoms with E-state index < -0.39 is 11.7 Å². The van der Waals surface area contributed by atoms with Crippen molar-refractivity contribution >= 4 is 11.6 Å². The van der Waals surface area contributed by atoms with Gasteiger partial charge in [-0.2, -0.15) is 0 Å². The van der Waals surface area contributed by atoms with Gasteiger partial charge >= 0.3 is 0 Å². The van der Waals surface area contributed by atoms with Crippen molar-refractivity contribution < 1.29 is 30.0 Å². The molecule has 6 nitrogen and oxygen atoms in total. The zero-order valence-corrected chi connectivity index (χ0v) is 20.2. The summed E-state index contributed by atoms with van der Waals surface area (Å²) in [5, 5.41) is 42.5. The molecule has 0 aliphatic heterocycles. The molecule has 0 heterocycles. The summed E-state index contributed by atoms with van der Waals surface area (Å²) in [5.41, 5.74) is 2.29. The van der Waals surface area contributed by atoms with Crippen molar-refractivity contribution in [2.45, 2.75) is 43.4 Å². The van der Waals surface area contributed by atoms with Gasteiger partial charge in [0.15, 0.2) is 23.1 Å². The van der Waals surface area contributed by atoms with E-state index >= 15 is 0 Å². The van der Waals surface area contributed by atoms with Crippen LogP contribution >= 0.6 is 0 Å². The first-order valence-corrected chi connectivity index (χ1v) is 12.4. The molecular weight excluding hydrogens is 468 g/mol. The number of ketones is 2. The summed E-state index contributed by atoms with van der Waals surface area (Å²) in [4.78, 5) is 27.1. The van der Waals surface area contributed by atoms with Crippen LogP contribution in [0.25, 0.3) is 0 Å². The highest BCUT2D eigenvalue weighted by molar-refractivity contribution is 6.05. The van der Waals surface area contributed by atoms with Crippen molar-refractivity contribution in [3.8, 4) is 11.5 Å². The number of benzene rings is 3. The summed E-state index contributed by atoms with van der Waals surface area (Å²) < 4.78 is 0. The van der Waals surface area contributed by atoms with Crippen molar-refractivity contribution in [2.75, 3.05) is 0 Å². The molecule has 2 atom stereocenters. The summed E-state index contributed by atoms with van der Waals surface area (Å²) >= 11 is 0. The van der Waals surface area contributed by atoms with E-state index in [4.69, 9.17) is 0 Å². The number of rotatable bonds is 5. The van der Waals surface area contributed by atoms with E-state index in [-0.39, 0.29) is 77.5 Å². The van der Waals surface area contributed by atoms with E-state index in [1.54, 1.807) is 0 Å². The lowest BCUT2D eigenvalue weighted by Crippen LogP contribution is -2.29. The highest BCUT2D eigenvalue weighted by Crippen LogP contribution is 2.47. The largest absolute Gasteiger partial charge is 0.512 e. The topological polar surface area (TPSA) is 115 Å². The molecular formula is C31H28O6. The Hall–Kier alpha value is -4.32. The van der Waals surface area contributed by atoms with Crippen LogP contribution in [-0.4, -0.2) is 32.0 Å². The Morgan fingerprint density at radius 2 is 1.03 bits per heavy atom. The molecule has 3 aromatic rings. The normalized spacial score (nSPS) is 20.6. The van der Waals surface area contributed by atoms with Gasteiger partial charge in [-0.3, -0.25) is 9.59 Å². The summed E-state index contributed by atoms with van der Waals surface area (Å²) in [6, 6.07) is 23.0. The summed E-state index contributed by atoms with van der Waals surface area (Å²) in [7, 11) is 0. The maximum atomic E-state index is 13.6. The van der Waals surface area contributed by atoms with Crippen LogP contribution in [0.2, 0.25) is 0 Å². The first kappa shape index (κ1) is 24.4. The smallest absolute Gasteiger partial charge is 0.163 e. The van der Waals surface area contributed by atoms with E-state index in [0.29, 0.717) is 5.56 Å². The zero-order valence-electron chi connectivity index (χ0n) is 20.2. The van der Waals surface area contributed by atoms with Crippen LogP contribution in [0.3, 0.4) is 0 Å². The number of aliphatic hydroxyl groups excluding tert-OH is 2. The van der Waals surface area contributed by atoms with Crippen molar-refractivity contribution in [3.63, 3.8) is 0 Å². The summed E-state index contributed by atoms with van der Waals surface area (Å²) in [6.07, 6.45) is 0.693. The molecule has 0 amide bonds. The van der Waals surface area contributed by atoms with Gasteiger partial charge in [0.1, 0.15) is 11.5 Å². The minimum absolute atomic E-state index is 0.0466. The fraction of sp³-hybridized carbons (Fsp3) is 0.226. The molecule has 0 bridgehead atoms. The van der Waals surface area contributed by atoms with Crippen LogP contribution < -0.4 is 0 Å². The minimum Gasteiger partial charge on any atom is -0.512 e. The lowest BCUT2D eigenvalue weighted by molar-refractivity contribution is -0.117. The molecule has 0 radical (unpaired) electrons. The third-order valence-corrected chi connectivity index (χ3v) is 7.42. The van der Waals surface area contributed by atoms with Crippen molar-refractivity contribution in [1.29, 1.82) is 0 Å². The van der Waals surface area contributed by atoms with Crippen LogP contribution in [-0.2, 0) is 9.59 Å². The van der Waals surface area contributed by atoms with Crippen LogP contribution in [0.5, 0.6) is 11.5 Å². The number of hydrogen-bond donors (Lipinski definition) is 4. The fourth-order valence-electron chi connectivity index (χ4n) is 5.60. The van der Waals surface area contributed by atoms with Gasteiger partial charge in [-0.25, -0.2) is 0 Å². The second kappa shape index (κ2) is 9.97. The van der Waals surface area contributed by atoms with Gasteiger partial charge in [0.25, 0.3) is 0 Å². The second-order valence-electron chi connectivity index (χ2n) is 9.78. The molecule has 0 aromatic heterocycles. The summed E-state index contributed by atoms with van der Waals surface area (Å²) in [6.45, 7) is 0. The molecule has 3 aromatic carbocycles. The van der Waals surface area contributed by atoms with Crippen LogP contribution in [0.1, 0.15) is 60.1 Å². The second-order valence-corrected chi connectivity index (χ2v) is 9.78. The molecule has 4 N–H and O–H groups in total. The maximum Gasteiger partial charge on any atom is 0.163 e. The van der Waals surface area contributed by atoms with E-state index in [9.17, 15) is 30.0 Å². The lowest BCUT2D eigenvalue weighted by Gasteiger charge is -2.33. The highest BCUT2D eigenvalue weighted by Gasteiger charge is 2.41. The first-order valence-electron chi connectivity index (χ1n) is 12.4. The number of phenols is 2. The van der Waals surface area contributed by atoms with E-state index in [2.05, 4.69) is 0 Å². The van der Waals surface area contributed by atoms with Gasteiger partial charge in [-0.15, -0.1) is 0 Å². The number of hydrogen-bond acceptors (Lipinski definition) is 6. The Balaban J connectivity index is 1.60. The van der Waals surface area contributed by atoms with Gasteiger partial charge in [0.05, 0.1) is 0 Å². The molecule has 0 fully saturated rings. The predicted molar refractivity (Wildman–Crippen MR) is 139 cm³/mol. The van der Waals surface area contributed by atoms with Gasteiger partial charge in [-0.1, -0.05) is 66.7 Å². The van der Waals surface area contributed by atoms with E-state index in [0.717, 1.165) is 11.1 Å². The Morgan fingerprint density at radius 1 is 0.568 bits per heavy atom. The average molecular weight is 497 g/mol. The number of allylic oxidation sites excluding steroid dienone is 4. The standard InChI is InChI=1S/C31H28O6/c32-23-12-11-20(13-24(23)33)29(30-25(34)14-21(15-26(30)35)18-7-3-1-4-8-18)31-27(36)16-22(17-28(31)37)19-9-5-2-6-10-19/h1-13,21-22,29,32-34,36H,14-17H2/t21-,22-/m0/s1.